The van der Waals surface area contributed by atoms with Gasteiger partial charge in [-0.05, 0) is 0 Å². The second-order valence-electron chi connectivity index (χ2n) is 3.66. The number of aliphatic hydroxyl groups is 5. The molecule has 0 unspecified atom stereocenters. The van der Waals surface area contributed by atoms with Gasteiger partial charge in [0.2, 0.25) is 0 Å². The van der Waals surface area contributed by atoms with Gasteiger partial charge in [0.25, 0.3) is 0 Å². The Morgan fingerprint density at radius 3 is 1.27 bits per heavy atom. The van der Waals surface area contributed by atoms with Crippen LogP contribution in [0.4, 0.5) is 0 Å². The van der Waals surface area contributed by atoms with Crippen molar-refractivity contribution in [2.75, 3.05) is 13.2 Å². The molecule has 162 valence electrons. The zero-order chi connectivity index (χ0) is 21.4. The Morgan fingerprint density at radius 1 is 0.923 bits per heavy atom. The summed E-state index contributed by atoms with van der Waals surface area (Å²) in [6.45, 7) is -0.911. The Morgan fingerprint density at radius 2 is 1.12 bits per heavy atom. The Labute approximate surface area is 183 Å². The molecule has 0 aliphatic carbocycles. The van der Waals surface area contributed by atoms with Gasteiger partial charge in [0.15, 0.2) is 0 Å². The van der Waals surface area contributed by atoms with E-state index in [1.165, 1.54) is 0 Å². The molecule has 0 rings (SSSR count). The SMILES string of the molecule is NC(=S)S.NC(=S)S.NC[C@H](O)[C@@H](O)[C@H](O)[C@H](O)CO.O=S(=O)(O)O.[Fe]. The topological polar surface area (TPSA) is 254 Å². The molecule has 0 fully saturated rings. The predicted molar refractivity (Wildman–Crippen MR) is 106 cm³/mol. The van der Waals surface area contributed by atoms with Crippen molar-refractivity contribution < 1.29 is 60.1 Å². The summed E-state index contributed by atoms with van der Waals surface area (Å²) in [5.41, 5.74) is 14.4. The molecular formula is C8H23FeN3O9S5. The maximum Gasteiger partial charge on any atom is 0.394 e. The molecule has 4 atom stereocenters. The van der Waals surface area contributed by atoms with Crippen LogP contribution in [0.3, 0.4) is 0 Å². The van der Waals surface area contributed by atoms with Crippen LogP contribution < -0.4 is 17.2 Å². The zero-order valence-corrected chi connectivity index (χ0v) is 18.2. The minimum Gasteiger partial charge on any atom is -0.394 e. The average molecular weight is 521 g/mol. The van der Waals surface area contributed by atoms with Crippen molar-refractivity contribution in [1.82, 2.24) is 0 Å². The minimum absolute atomic E-state index is 0. The predicted octanol–water partition coefficient (Wildman–Crippen LogP) is -3.95. The summed E-state index contributed by atoms with van der Waals surface area (Å²) in [5.74, 6) is 0. The molecule has 0 radical (unpaired) electrons. The van der Waals surface area contributed by atoms with E-state index in [1.54, 1.807) is 0 Å². The van der Waals surface area contributed by atoms with Crippen LogP contribution in [0.5, 0.6) is 0 Å². The fourth-order valence-electron chi connectivity index (χ4n) is 0.703. The van der Waals surface area contributed by atoms with Gasteiger partial charge in [0.05, 0.1) is 12.7 Å². The first-order chi connectivity index (χ1) is 11.0. The summed E-state index contributed by atoms with van der Waals surface area (Å²) >= 11 is 15.3. The quantitative estimate of drug-likeness (QED) is 0.0714. The molecular weight excluding hydrogens is 498 g/mol. The monoisotopic (exact) mass is 521 g/mol. The van der Waals surface area contributed by atoms with E-state index < -0.39 is 41.4 Å². The van der Waals surface area contributed by atoms with E-state index in [4.69, 9.17) is 60.3 Å². The van der Waals surface area contributed by atoms with Crippen molar-refractivity contribution in [2.24, 2.45) is 17.2 Å². The molecule has 13 N–H and O–H groups in total. The maximum absolute atomic E-state index is 9.04. The van der Waals surface area contributed by atoms with E-state index in [9.17, 15) is 0 Å². The second-order valence-corrected chi connectivity index (χ2v) is 7.00. The van der Waals surface area contributed by atoms with Crippen molar-refractivity contribution >= 4 is 68.7 Å². The second kappa shape index (κ2) is 21.9. The van der Waals surface area contributed by atoms with E-state index in [1.807, 2.05) is 0 Å². The van der Waals surface area contributed by atoms with Crippen molar-refractivity contribution in [3.8, 4) is 0 Å². The van der Waals surface area contributed by atoms with Gasteiger partial charge in [-0.2, -0.15) is 8.42 Å². The van der Waals surface area contributed by atoms with E-state index in [0.717, 1.165) is 0 Å². The number of thiocarbonyl (C=S) groups is 2. The zero-order valence-electron chi connectivity index (χ0n) is 12.9. The Bertz CT molecular complexity index is 417. The Hall–Kier alpha value is 0.629. The minimum atomic E-state index is -4.67. The van der Waals surface area contributed by atoms with Crippen LogP contribution >= 0.6 is 49.7 Å². The molecule has 18 heteroatoms. The van der Waals surface area contributed by atoms with Gasteiger partial charge in [-0.3, -0.25) is 9.11 Å². The summed E-state index contributed by atoms with van der Waals surface area (Å²) in [5, 5.41) is 44.2. The van der Waals surface area contributed by atoms with Crippen LogP contribution in [0.25, 0.3) is 0 Å². The molecule has 0 amide bonds. The van der Waals surface area contributed by atoms with Gasteiger partial charge in [-0.15, -0.1) is 25.3 Å². The molecule has 0 aliphatic rings. The standard InChI is InChI=1S/C6H15NO5.2CH3NS2.Fe.H2O4S/c7-1-3(9)5(11)6(12)4(10)2-8;2*2-1(3)4;;1-5(2,3)4/h3-6,8-12H,1-2,7H2;2*(H3,2,3,4);;(H2,1,2,3,4)/t3-,4+,5+,6+;;;;/m0..../s1. The first-order valence-corrected chi connectivity index (χ1v) is 8.81. The number of hydrogen-bond acceptors (Lipinski definition) is 10. The van der Waals surface area contributed by atoms with Crippen LogP contribution in [0.1, 0.15) is 0 Å². The van der Waals surface area contributed by atoms with E-state index >= 15 is 0 Å². The number of hydrogen-bond donors (Lipinski definition) is 12. The molecule has 0 aromatic carbocycles. The van der Waals surface area contributed by atoms with Gasteiger partial charge in [0.1, 0.15) is 27.0 Å². The van der Waals surface area contributed by atoms with E-state index in [0.29, 0.717) is 0 Å². The van der Waals surface area contributed by atoms with Crippen LogP contribution in [0.2, 0.25) is 0 Å². The molecule has 0 bridgehead atoms. The smallest absolute Gasteiger partial charge is 0.394 e. The normalized spacial score (nSPS) is 14.1. The third-order valence-corrected chi connectivity index (χ3v) is 1.57. The first kappa shape index (κ1) is 37.4. The summed E-state index contributed by atoms with van der Waals surface area (Å²) in [4.78, 5) is 0. The van der Waals surface area contributed by atoms with Gasteiger partial charge >= 0.3 is 10.4 Å². The van der Waals surface area contributed by atoms with E-state index in [-0.39, 0.29) is 32.3 Å². The average Bonchev–Trinajstić information content (AvgIpc) is 2.40. The van der Waals surface area contributed by atoms with Crippen molar-refractivity contribution in [3.05, 3.63) is 0 Å². The van der Waals surface area contributed by atoms with Crippen molar-refractivity contribution in [3.63, 3.8) is 0 Å². The summed E-state index contributed by atoms with van der Waals surface area (Å²) in [6.07, 6.45) is -5.91. The molecule has 0 spiro atoms. The Kier molecular flexibility index (Phi) is 31.5. The van der Waals surface area contributed by atoms with Gasteiger partial charge in [0, 0.05) is 23.6 Å². The first-order valence-electron chi connectivity index (χ1n) is 5.71. The van der Waals surface area contributed by atoms with Gasteiger partial charge < -0.3 is 42.7 Å². The molecule has 0 aliphatic heterocycles. The number of rotatable bonds is 5. The Balaban J connectivity index is -0.0000000874. The van der Waals surface area contributed by atoms with Gasteiger partial charge in [-0.25, -0.2) is 0 Å². The third-order valence-electron chi connectivity index (χ3n) is 1.57. The maximum atomic E-state index is 9.04. The number of aliphatic hydroxyl groups excluding tert-OH is 5. The molecule has 12 nitrogen and oxygen atoms in total. The molecule has 0 aromatic heterocycles. The fraction of sp³-hybridized carbons (Fsp3) is 0.750. The third kappa shape index (κ3) is 49.7. The van der Waals surface area contributed by atoms with Crippen LogP contribution in [-0.2, 0) is 27.5 Å². The van der Waals surface area contributed by atoms with Crippen LogP contribution in [0, 0.1) is 0 Å². The molecule has 0 aromatic rings. The molecule has 26 heavy (non-hydrogen) atoms. The molecule has 0 saturated carbocycles. The number of thiol groups is 2. The molecule has 0 saturated heterocycles. The largest absolute Gasteiger partial charge is 0.394 e. The van der Waals surface area contributed by atoms with Gasteiger partial charge in [-0.1, -0.05) is 24.4 Å². The number of nitrogens with two attached hydrogens (primary N) is 3. The summed E-state index contributed by atoms with van der Waals surface area (Å²) < 4.78 is 32.0. The summed E-state index contributed by atoms with van der Waals surface area (Å²) in [6, 6.07) is 0. The summed E-state index contributed by atoms with van der Waals surface area (Å²) in [7, 11) is -4.67. The van der Waals surface area contributed by atoms with Crippen LogP contribution in [-0.4, -0.2) is 89.3 Å². The molecule has 0 heterocycles. The van der Waals surface area contributed by atoms with E-state index in [2.05, 4.69) is 49.7 Å². The van der Waals surface area contributed by atoms with Crippen molar-refractivity contribution in [1.29, 1.82) is 0 Å². The van der Waals surface area contributed by atoms with Crippen LogP contribution in [0.15, 0.2) is 0 Å². The van der Waals surface area contributed by atoms with Crippen molar-refractivity contribution in [2.45, 2.75) is 24.4 Å². The fourth-order valence-corrected chi connectivity index (χ4v) is 0.703.